The summed E-state index contributed by atoms with van der Waals surface area (Å²) in [5.41, 5.74) is 2.29. The molecule has 2 N–H and O–H groups in total. The summed E-state index contributed by atoms with van der Waals surface area (Å²) in [6.45, 7) is 5.29. The molecule has 0 saturated heterocycles. The van der Waals surface area contributed by atoms with Crippen molar-refractivity contribution >= 4 is 11.0 Å². The number of para-hydroxylation sites is 1. The van der Waals surface area contributed by atoms with Gasteiger partial charge in [0.05, 0.1) is 12.1 Å². The summed E-state index contributed by atoms with van der Waals surface area (Å²) >= 11 is 0. The van der Waals surface area contributed by atoms with Crippen molar-refractivity contribution in [3.05, 3.63) is 35.6 Å². The fourth-order valence-corrected chi connectivity index (χ4v) is 3.14. The van der Waals surface area contributed by atoms with E-state index in [0.717, 1.165) is 37.2 Å². The van der Waals surface area contributed by atoms with E-state index in [1.807, 2.05) is 12.1 Å². The molecule has 1 aromatic carbocycles. The molecule has 108 valence electrons. The van der Waals surface area contributed by atoms with Crippen LogP contribution in [0.25, 0.3) is 11.0 Å². The molecule has 1 fully saturated rings. The Morgan fingerprint density at radius 1 is 1.35 bits per heavy atom. The van der Waals surface area contributed by atoms with E-state index in [9.17, 15) is 5.11 Å². The lowest BCUT2D eigenvalue weighted by Gasteiger charge is -2.32. The zero-order valence-electron chi connectivity index (χ0n) is 12.2. The van der Waals surface area contributed by atoms with Crippen LogP contribution in [0.1, 0.15) is 44.1 Å². The van der Waals surface area contributed by atoms with Crippen LogP contribution in [0.3, 0.4) is 0 Å². The summed E-state index contributed by atoms with van der Waals surface area (Å²) in [4.78, 5) is 0. The molecule has 1 aliphatic carbocycles. The molecular formula is C17H23NO2. The van der Waals surface area contributed by atoms with Gasteiger partial charge in [-0.15, -0.1) is 0 Å². The number of aryl methyl sites for hydroxylation is 1. The second kappa shape index (κ2) is 5.58. The molecule has 20 heavy (non-hydrogen) atoms. The number of rotatable bonds is 5. The fourth-order valence-electron chi connectivity index (χ4n) is 3.14. The topological polar surface area (TPSA) is 45.4 Å². The van der Waals surface area contributed by atoms with Gasteiger partial charge in [0.1, 0.15) is 11.3 Å². The zero-order valence-corrected chi connectivity index (χ0v) is 12.2. The standard InChI is InChI=1S/C17H23NO2/c1-3-14-15-6-4-5-7-16(15)20-17(14)11(2)18-10-12-8-13(19)9-12/h4-7,11-13,18-19H,3,8-10H2,1-2H3. The molecule has 0 aliphatic heterocycles. The van der Waals surface area contributed by atoms with Crippen molar-refractivity contribution in [1.82, 2.24) is 5.32 Å². The molecule has 3 rings (SSSR count). The molecule has 1 heterocycles. The van der Waals surface area contributed by atoms with E-state index in [0.29, 0.717) is 5.92 Å². The van der Waals surface area contributed by atoms with Crippen LogP contribution in [0.4, 0.5) is 0 Å². The van der Waals surface area contributed by atoms with Crippen LogP contribution >= 0.6 is 0 Å². The van der Waals surface area contributed by atoms with Gasteiger partial charge in [-0.25, -0.2) is 0 Å². The van der Waals surface area contributed by atoms with Crippen LogP contribution in [-0.4, -0.2) is 17.8 Å². The number of aliphatic hydroxyl groups excluding tert-OH is 1. The summed E-state index contributed by atoms with van der Waals surface area (Å²) in [6.07, 6.45) is 2.77. The van der Waals surface area contributed by atoms with Crippen molar-refractivity contribution < 1.29 is 9.52 Å². The second-order valence-corrected chi connectivity index (χ2v) is 5.92. The van der Waals surface area contributed by atoms with Gasteiger partial charge in [-0.1, -0.05) is 25.1 Å². The number of hydrogen-bond acceptors (Lipinski definition) is 3. The third-order valence-corrected chi connectivity index (χ3v) is 4.40. The Morgan fingerprint density at radius 2 is 2.10 bits per heavy atom. The highest BCUT2D eigenvalue weighted by Crippen LogP contribution is 2.31. The first-order chi connectivity index (χ1) is 9.69. The van der Waals surface area contributed by atoms with Crippen molar-refractivity contribution in [3.8, 4) is 0 Å². The third-order valence-electron chi connectivity index (χ3n) is 4.40. The van der Waals surface area contributed by atoms with Crippen LogP contribution in [-0.2, 0) is 6.42 Å². The maximum Gasteiger partial charge on any atom is 0.134 e. The lowest BCUT2D eigenvalue weighted by Crippen LogP contribution is -2.37. The first kappa shape index (κ1) is 13.7. The van der Waals surface area contributed by atoms with Crippen molar-refractivity contribution in [3.63, 3.8) is 0 Å². The Balaban J connectivity index is 1.75. The van der Waals surface area contributed by atoms with E-state index in [2.05, 4.69) is 31.3 Å². The predicted molar refractivity (Wildman–Crippen MR) is 80.7 cm³/mol. The number of benzene rings is 1. The molecule has 2 aromatic rings. The van der Waals surface area contributed by atoms with E-state index >= 15 is 0 Å². The molecule has 1 unspecified atom stereocenters. The van der Waals surface area contributed by atoms with Crippen molar-refractivity contribution in [2.75, 3.05) is 6.54 Å². The molecule has 1 aromatic heterocycles. The van der Waals surface area contributed by atoms with Gasteiger partial charge in [0.15, 0.2) is 0 Å². The van der Waals surface area contributed by atoms with Crippen LogP contribution in [0, 0.1) is 5.92 Å². The van der Waals surface area contributed by atoms with Gasteiger partial charge in [0.25, 0.3) is 0 Å². The Morgan fingerprint density at radius 3 is 2.80 bits per heavy atom. The summed E-state index contributed by atoms with van der Waals surface area (Å²) in [5.74, 6) is 1.68. The van der Waals surface area contributed by atoms with Gasteiger partial charge in [0.2, 0.25) is 0 Å². The molecule has 0 spiro atoms. The van der Waals surface area contributed by atoms with Gasteiger partial charge < -0.3 is 14.8 Å². The highest BCUT2D eigenvalue weighted by Gasteiger charge is 2.27. The predicted octanol–water partition coefficient (Wildman–Crippen LogP) is 3.42. The molecule has 0 bridgehead atoms. The van der Waals surface area contributed by atoms with E-state index in [1.165, 1.54) is 10.9 Å². The number of fused-ring (bicyclic) bond motifs is 1. The molecule has 1 saturated carbocycles. The van der Waals surface area contributed by atoms with Gasteiger partial charge >= 0.3 is 0 Å². The van der Waals surface area contributed by atoms with Gasteiger partial charge in [-0.3, -0.25) is 0 Å². The number of aliphatic hydroxyl groups is 1. The summed E-state index contributed by atoms with van der Waals surface area (Å²) < 4.78 is 6.05. The normalized spacial score (nSPS) is 23.8. The Labute approximate surface area is 120 Å². The number of nitrogens with one attached hydrogen (secondary N) is 1. The largest absolute Gasteiger partial charge is 0.459 e. The Bertz CT molecular complexity index is 584. The first-order valence-corrected chi connectivity index (χ1v) is 7.60. The van der Waals surface area contributed by atoms with Gasteiger partial charge in [-0.2, -0.15) is 0 Å². The minimum atomic E-state index is -0.0745. The van der Waals surface area contributed by atoms with Crippen LogP contribution in [0.15, 0.2) is 28.7 Å². The monoisotopic (exact) mass is 273 g/mol. The molecule has 1 aliphatic rings. The molecule has 0 radical (unpaired) electrons. The quantitative estimate of drug-likeness (QED) is 0.877. The lowest BCUT2D eigenvalue weighted by molar-refractivity contribution is 0.0418. The summed E-state index contributed by atoms with van der Waals surface area (Å²) in [7, 11) is 0. The van der Waals surface area contributed by atoms with Gasteiger partial charge in [0, 0.05) is 10.9 Å². The maximum absolute atomic E-state index is 9.33. The van der Waals surface area contributed by atoms with Crippen LogP contribution in [0.2, 0.25) is 0 Å². The smallest absolute Gasteiger partial charge is 0.134 e. The van der Waals surface area contributed by atoms with Crippen molar-refractivity contribution in [2.24, 2.45) is 5.92 Å². The second-order valence-electron chi connectivity index (χ2n) is 5.92. The molecule has 3 nitrogen and oxygen atoms in total. The minimum absolute atomic E-state index is 0.0745. The fraction of sp³-hybridized carbons (Fsp3) is 0.529. The summed E-state index contributed by atoms with van der Waals surface area (Å²) in [5, 5.41) is 14.1. The van der Waals surface area contributed by atoms with E-state index < -0.39 is 0 Å². The Kier molecular flexibility index (Phi) is 3.81. The van der Waals surface area contributed by atoms with E-state index in [1.54, 1.807) is 0 Å². The first-order valence-electron chi connectivity index (χ1n) is 7.60. The average Bonchev–Trinajstić information content (AvgIpc) is 2.80. The third kappa shape index (κ3) is 2.48. The zero-order chi connectivity index (χ0) is 14.1. The molecular weight excluding hydrogens is 250 g/mol. The number of furan rings is 1. The van der Waals surface area contributed by atoms with Crippen LogP contribution in [0.5, 0.6) is 0 Å². The van der Waals surface area contributed by atoms with Crippen molar-refractivity contribution in [1.29, 1.82) is 0 Å². The van der Waals surface area contributed by atoms with Crippen molar-refractivity contribution in [2.45, 2.75) is 45.3 Å². The molecule has 1 atom stereocenters. The lowest BCUT2D eigenvalue weighted by atomic mass is 9.82. The highest BCUT2D eigenvalue weighted by atomic mass is 16.3. The SMILES string of the molecule is CCc1c(C(C)NCC2CC(O)C2)oc2ccccc12. The molecule has 0 amide bonds. The number of hydrogen-bond donors (Lipinski definition) is 2. The summed E-state index contributed by atoms with van der Waals surface area (Å²) in [6, 6.07) is 8.47. The Hall–Kier alpha value is -1.32. The van der Waals surface area contributed by atoms with E-state index in [-0.39, 0.29) is 12.1 Å². The maximum atomic E-state index is 9.33. The average molecular weight is 273 g/mol. The van der Waals surface area contributed by atoms with E-state index in [4.69, 9.17) is 4.42 Å². The highest BCUT2D eigenvalue weighted by molar-refractivity contribution is 5.82. The van der Waals surface area contributed by atoms with Gasteiger partial charge in [-0.05, 0) is 44.7 Å². The molecule has 3 heteroatoms. The van der Waals surface area contributed by atoms with Crippen LogP contribution < -0.4 is 5.32 Å². The minimum Gasteiger partial charge on any atom is -0.459 e.